The first-order valence-corrected chi connectivity index (χ1v) is 6.88. The lowest BCUT2D eigenvalue weighted by Gasteiger charge is -2.33. The summed E-state index contributed by atoms with van der Waals surface area (Å²) in [6, 6.07) is 6.38. The molecular formula is C14H22N4O. The van der Waals surface area contributed by atoms with Gasteiger partial charge in [0.1, 0.15) is 0 Å². The molecule has 1 aliphatic heterocycles. The van der Waals surface area contributed by atoms with Crippen LogP contribution in [0, 0.1) is 0 Å². The maximum absolute atomic E-state index is 11.2. The number of pyridine rings is 1. The number of aromatic nitrogens is 1. The number of piperidine rings is 1. The molecule has 0 bridgehead atoms. The van der Waals surface area contributed by atoms with E-state index in [-0.39, 0.29) is 5.91 Å². The van der Waals surface area contributed by atoms with Crippen LogP contribution in [-0.4, -0.2) is 48.0 Å². The van der Waals surface area contributed by atoms with E-state index in [0.29, 0.717) is 12.6 Å². The van der Waals surface area contributed by atoms with Crippen molar-refractivity contribution in [2.75, 3.05) is 26.2 Å². The summed E-state index contributed by atoms with van der Waals surface area (Å²) in [4.78, 5) is 17.7. The average Bonchev–Trinajstić information content (AvgIpc) is 2.45. The molecule has 19 heavy (non-hydrogen) atoms. The zero-order chi connectivity index (χ0) is 13.5. The quantitative estimate of drug-likeness (QED) is 0.766. The molecule has 5 nitrogen and oxygen atoms in total. The molecule has 2 heterocycles. The first-order valence-electron chi connectivity index (χ1n) is 6.88. The van der Waals surface area contributed by atoms with E-state index in [1.165, 1.54) is 0 Å². The first-order chi connectivity index (χ1) is 9.25. The van der Waals surface area contributed by atoms with Gasteiger partial charge in [-0.1, -0.05) is 6.07 Å². The standard InChI is InChI=1S/C14H22N4O/c15-14(19)11-18(13-4-8-16-9-5-13)10-6-12-3-1-2-7-17-12/h1-3,7,13,16H,4-6,8-11H2,(H2,15,19). The summed E-state index contributed by atoms with van der Waals surface area (Å²) in [5, 5.41) is 3.34. The molecule has 2 rings (SSSR count). The van der Waals surface area contributed by atoms with Gasteiger partial charge < -0.3 is 11.1 Å². The Hall–Kier alpha value is -1.46. The van der Waals surface area contributed by atoms with Gasteiger partial charge in [-0.3, -0.25) is 14.7 Å². The number of nitrogens with two attached hydrogens (primary N) is 1. The maximum atomic E-state index is 11.2. The Balaban J connectivity index is 1.91. The largest absolute Gasteiger partial charge is 0.369 e. The number of carbonyl (C=O) groups excluding carboxylic acids is 1. The first kappa shape index (κ1) is 14.0. The molecule has 104 valence electrons. The van der Waals surface area contributed by atoms with Crippen LogP contribution < -0.4 is 11.1 Å². The molecule has 3 N–H and O–H groups in total. The van der Waals surface area contributed by atoms with E-state index in [1.807, 2.05) is 18.2 Å². The Morgan fingerprint density at radius 2 is 2.21 bits per heavy atom. The Labute approximate surface area is 114 Å². The molecule has 0 radical (unpaired) electrons. The van der Waals surface area contributed by atoms with Crippen molar-refractivity contribution in [3.63, 3.8) is 0 Å². The highest BCUT2D eigenvalue weighted by atomic mass is 16.1. The number of rotatable bonds is 6. The van der Waals surface area contributed by atoms with E-state index in [4.69, 9.17) is 5.73 Å². The number of primary amides is 1. The number of amides is 1. The molecule has 0 unspecified atom stereocenters. The third-order valence-corrected chi connectivity index (χ3v) is 3.57. The fraction of sp³-hybridized carbons (Fsp3) is 0.571. The second kappa shape index (κ2) is 7.21. The van der Waals surface area contributed by atoms with Crippen LogP contribution in [0.4, 0.5) is 0 Å². The fourth-order valence-corrected chi connectivity index (χ4v) is 2.57. The summed E-state index contributed by atoms with van der Waals surface area (Å²) in [5.41, 5.74) is 6.42. The summed E-state index contributed by atoms with van der Waals surface area (Å²) < 4.78 is 0. The minimum absolute atomic E-state index is 0.250. The zero-order valence-electron chi connectivity index (χ0n) is 11.2. The monoisotopic (exact) mass is 262 g/mol. The van der Waals surface area contributed by atoms with Crippen LogP contribution in [0.1, 0.15) is 18.5 Å². The lowest BCUT2D eigenvalue weighted by atomic mass is 10.0. The number of hydrogen-bond donors (Lipinski definition) is 2. The summed E-state index contributed by atoms with van der Waals surface area (Å²) in [5.74, 6) is -0.250. The minimum Gasteiger partial charge on any atom is -0.369 e. The van der Waals surface area contributed by atoms with Gasteiger partial charge in [0.15, 0.2) is 0 Å². The SMILES string of the molecule is NC(=O)CN(CCc1ccccn1)C1CCNCC1. The number of nitrogens with one attached hydrogen (secondary N) is 1. The fourth-order valence-electron chi connectivity index (χ4n) is 2.57. The highest BCUT2D eigenvalue weighted by molar-refractivity contribution is 5.75. The molecule has 1 fully saturated rings. The number of nitrogens with zero attached hydrogens (tertiary/aromatic N) is 2. The van der Waals surface area contributed by atoms with Crippen molar-refractivity contribution < 1.29 is 4.79 Å². The molecule has 0 aliphatic carbocycles. The van der Waals surface area contributed by atoms with Gasteiger partial charge in [-0.05, 0) is 38.1 Å². The summed E-state index contributed by atoms with van der Waals surface area (Å²) >= 11 is 0. The van der Waals surface area contributed by atoms with Crippen molar-refractivity contribution in [2.45, 2.75) is 25.3 Å². The van der Waals surface area contributed by atoms with Crippen LogP contribution in [0.5, 0.6) is 0 Å². The number of carbonyl (C=O) groups is 1. The van der Waals surface area contributed by atoms with Gasteiger partial charge in [0.05, 0.1) is 6.54 Å². The van der Waals surface area contributed by atoms with Crippen molar-refractivity contribution in [1.29, 1.82) is 0 Å². The molecule has 0 saturated carbocycles. The highest BCUT2D eigenvalue weighted by Gasteiger charge is 2.21. The van der Waals surface area contributed by atoms with Crippen LogP contribution >= 0.6 is 0 Å². The Morgan fingerprint density at radius 1 is 1.42 bits per heavy atom. The number of hydrogen-bond acceptors (Lipinski definition) is 4. The van der Waals surface area contributed by atoms with Gasteiger partial charge in [0.25, 0.3) is 0 Å². The normalized spacial score (nSPS) is 16.7. The lowest BCUT2D eigenvalue weighted by Crippen LogP contribution is -2.47. The lowest BCUT2D eigenvalue weighted by molar-refractivity contribution is -0.119. The molecule has 1 amide bonds. The van der Waals surface area contributed by atoms with E-state index < -0.39 is 0 Å². The zero-order valence-corrected chi connectivity index (χ0v) is 11.2. The summed E-state index contributed by atoms with van der Waals surface area (Å²) in [6.07, 6.45) is 4.82. The van der Waals surface area contributed by atoms with Crippen molar-refractivity contribution in [1.82, 2.24) is 15.2 Å². The van der Waals surface area contributed by atoms with Crippen LogP contribution in [-0.2, 0) is 11.2 Å². The maximum Gasteiger partial charge on any atom is 0.231 e. The van der Waals surface area contributed by atoms with Gasteiger partial charge >= 0.3 is 0 Å². The average molecular weight is 262 g/mol. The van der Waals surface area contributed by atoms with Crippen LogP contribution in [0.25, 0.3) is 0 Å². The van der Waals surface area contributed by atoms with Crippen molar-refractivity contribution in [3.05, 3.63) is 30.1 Å². The van der Waals surface area contributed by atoms with Crippen molar-refractivity contribution >= 4 is 5.91 Å². The second-order valence-corrected chi connectivity index (χ2v) is 4.99. The third-order valence-electron chi connectivity index (χ3n) is 3.57. The van der Waals surface area contributed by atoms with E-state index >= 15 is 0 Å². The van der Waals surface area contributed by atoms with Gasteiger partial charge in [-0.2, -0.15) is 0 Å². The van der Waals surface area contributed by atoms with Crippen LogP contribution in [0.2, 0.25) is 0 Å². The Kier molecular flexibility index (Phi) is 5.30. The smallest absolute Gasteiger partial charge is 0.231 e. The van der Waals surface area contributed by atoms with Gasteiger partial charge in [0, 0.05) is 30.9 Å². The van der Waals surface area contributed by atoms with E-state index in [0.717, 1.165) is 44.6 Å². The van der Waals surface area contributed by atoms with Crippen molar-refractivity contribution in [2.24, 2.45) is 5.73 Å². The summed E-state index contributed by atoms with van der Waals surface area (Å²) in [7, 11) is 0. The highest BCUT2D eigenvalue weighted by Crippen LogP contribution is 2.12. The minimum atomic E-state index is -0.250. The van der Waals surface area contributed by atoms with Gasteiger partial charge in [0.2, 0.25) is 5.91 Å². The summed E-state index contributed by atoms with van der Waals surface area (Å²) in [6.45, 7) is 3.22. The molecule has 1 saturated heterocycles. The van der Waals surface area contributed by atoms with Gasteiger partial charge in [-0.25, -0.2) is 0 Å². The second-order valence-electron chi connectivity index (χ2n) is 4.99. The molecule has 0 aromatic carbocycles. The van der Waals surface area contributed by atoms with Crippen LogP contribution in [0.3, 0.4) is 0 Å². The molecule has 5 heteroatoms. The third kappa shape index (κ3) is 4.61. The molecule has 1 aliphatic rings. The predicted molar refractivity (Wildman–Crippen MR) is 74.6 cm³/mol. The van der Waals surface area contributed by atoms with E-state index in [9.17, 15) is 4.79 Å². The molecule has 1 aromatic rings. The topological polar surface area (TPSA) is 71.2 Å². The van der Waals surface area contributed by atoms with Gasteiger partial charge in [-0.15, -0.1) is 0 Å². The Morgan fingerprint density at radius 3 is 2.84 bits per heavy atom. The molecule has 0 spiro atoms. The van der Waals surface area contributed by atoms with E-state index in [2.05, 4.69) is 15.2 Å². The molecule has 1 aromatic heterocycles. The van der Waals surface area contributed by atoms with Crippen LogP contribution in [0.15, 0.2) is 24.4 Å². The van der Waals surface area contributed by atoms with E-state index in [1.54, 1.807) is 6.20 Å². The molecule has 0 atom stereocenters. The Bertz CT molecular complexity index is 390. The van der Waals surface area contributed by atoms with Crippen molar-refractivity contribution in [3.8, 4) is 0 Å². The molecular weight excluding hydrogens is 240 g/mol. The predicted octanol–water partition coefficient (Wildman–Crippen LogP) is 0.163.